The summed E-state index contributed by atoms with van der Waals surface area (Å²) in [6.45, 7) is 2.67. The second-order valence-corrected chi connectivity index (χ2v) is 2.50. The van der Waals surface area contributed by atoms with Gasteiger partial charge in [-0.2, -0.15) is 0 Å². The lowest BCUT2D eigenvalue weighted by Crippen LogP contribution is -2.06. The van der Waals surface area contributed by atoms with Crippen molar-refractivity contribution in [1.29, 1.82) is 0 Å². The Labute approximate surface area is 71.8 Å². The summed E-state index contributed by atoms with van der Waals surface area (Å²) in [6.07, 6.45) is 0.582. The van der Waals surface area contributed by atoms with Gasteiger partial charge in [0.25, 0.3) is 0 Å². The largest absolute Gasteiger partial charge is 0.380 e. The minimum absolute atomic E-state index is 0.582. The van der Waals surface area contributed by atoms with Gasteiger partial charge in [-0.05, 0) is 0 Å². The first kappa shape index (κ1) is 10.5. The van der Waals surface area contributed by atoms with Crippen molar-refractivity contribution in [2.75, 3.05) is 31.8 Å². The van der Waals surface area contributed by atoms with E-state index in [2.05, 4.69) is 15.9 Å². The summed E-state index contributed by atoms with van der Waals surface area (Å²) in [5.74, 6) is 0. The van der Waals surface area contributed by atoms with Crippen LogP contribution in [-0.2, 0) is 9.47 Å². The van der Waals surface area contributed by atoms with E-state index in [1.807, 2.05) is 0 Å². The zero-order valence-corrected chi connectivity index (χ0v) is 7.60. The molecule has 0 bridgehead atoms. The average Bonchev–Trinajstić information content (AvgIpc) is 1.97. The van der Waals surface area contributed by atoms with Crippen LogP contribution in [0.1, 0.15) is 0 Å². The Morgan fingerprint density at radius 3 is 2.10 bits per heavy atom. The average molecular weight is 207 g/mol. The molecule has 0 heterocycles. The van der Waals surface area contributed by atoms with Crippen LogP contribution < -0.4 is 0 Å². The normalized spacial score (nSPS) is 10.1. The van der Waals surface area contributed by atoms with E-state index in [4.69, 9.17) is 17.3 Å². The monoisotopic (exact) mass is 206 g/mol. The lowest BCUT2D eigenvalue weighted by Gasteiger charge is -2.02. The molecule has 0 aliphatic rings. The van der Waals surface area contributed by atoms with Gasteiger partial charge in [-0.15, -0.1) is 0 Å². The molecule has 0 aliphatic carbocycles. The van der Waals surface area contributed by atoms with Crippen molar-refractivity contribution < 1.29 is 9.47 Å². The molecule has 0 rings (SSSR count). The Morgan fingerprint density at radius 1 is 1.00 bits per heavy atom. The summed E-state index contributed by atoms with van der Waals surface area (Å²) in [4.78, 5) is 0. The van der Waals surface area contributed by atoms with Crippen LogP contribution in [-0.4, -0.2) is 39.6 Å². The van der Waals surface area contributed by atoms with Crippen molar-refractivity contribution in [1.82, 2.24) is 0 Å². The first-order chi connectivity index (χ1) is 4.91. The highest BCUT2D eigenvalue weighted by Crippen LogP contribution is 1.83. The van der Waals surface area contributed by atoms with Crippen LogP contribution in [0.2, 0.25) is 6.32 Å². The maximum absolute atomic E-state index is 5.20. The lowest BCUT2D eigenvalue weighted by atomic mass is 10.1. The van der Waals surface area contributed by atoms with Gasteiger partial charge in [0.05, 0.1) is 27.7 Å². The molecule has 0 aromatic carbocycles. The minimum atomic E-state index is 0.582. The molecule has 4 heteroatoms. The molecular weight excluding hydrogens is 195 g/mol. The first-order valence-electron chi connectivity index (χ1n) is 3.33. The third-order valence-electron chi connectivity index (χ3n) is 0.856. The molecule has 10 heavy (non-hydrogen) atoms. The standard InChI is InChI=1S/C6H12BBrO2/c7-1-3-9-5-6-10-4-2-8/h1-6H2. The van der Waals surface area contributed by atoms with Crippen LogP contribution >= 0.6 is 15.9 Å². The summed E-state index contributed by atoms with van der Waals surface area (Å²) < 4.78 is 10.2. The maximum Gasteiger partial charge on any atom is 0.0700 e. The van der Waals surface area contributed by atoms with Crippen LogP contribution in [0.4, 0.5) is 0 Å². The third-order valence-corrected chi connectivity index (χ3v) is 1.18. The van der Waals surface area contributed by atoms with Crippen LogP contribution in [0, 0.1) is 0 Å². The van der Waals surface area contributed by atoms with E-state index in [-0.39, 0.29) is 0 Å². The molecule has 0 aromatic heterocycles. The van der Waals surface area contributed by atoms with Crippen LogP contribution in [0.5, 0.6) is 0 Å². The van der Waals surface area contributed by atoms with Crippen molar-refractivity contribution in [2.24, 2.45) is 0 Å². The van der Waals surface area contributed by atoms with Crippen molar-refractivity contribution >= 4 is 23.8 Å². The zero-order valence-electron chi connectivity index (χ0n) is 6.01. The van der Waals surface area contributed by atoms with Crippen LogP contribution in [0.15, 0.2) is 0 Å². The number of hydrogen-bond acceptors (Lipinski definition) is 2. The fourth-order valence-electron chi connectivity index (χ4n) is 0.460. The summed E-state index contributed by atoms with van der Waals surface area (Å²) in [5.41, 5.74) is 0. The lowest BCUT2D eigenvalue weighted by molar-refractivity contribution is 0.0598. The van der Waals surface area contributed by atoms with Crippen molar-refractivity contribution in [3.8, 4) is 0 Å². The van der Waals surface area contributed by atoms with Crippen molar-refractivity contribution in [2.45, 2.75) is 6.32 Å². The number of alkyl halides is 1. The molecule has 0 unspecified atom stereocenters. The molecule has 2 nitrogen and oxygen atoms in total. The van der Waals surface area contributed by atoms with Gasteiger partial charge in [0.15, 0.2) is 0 Å². The quantitative estimate of drug-likeness (QED) is 0.352. The molecule has 58 valence electrons. The predicted molar refractivity (Wildman–Crippen MR) is 46.0 cm³/mol. The van der Waals surface area contributed by atoms with Gasteiger partial charge in [-0.25, -0.2) is 0 Å². The number of rotatable bonds is 7. The Kier molecular flexibility index (Phi) is 9.90. The molecule has 0 atom stereocenters. The molecule has 0 saturated carbocycles. The number of ether oxygens (including phenoxy) is 2. The Balaban J connectivity index is 2.65. The van der Waals surface area contributed by atoms with Crippen LogP contribution in [0.25, 0.3) is 0 Å². The highest BCUT2D eigenvalue weighted by atomic mass is 79.9. The van der Waals surface area contributed by atoms with E-state index in [1.54, 1.807) is 0 Å². The number of hydrogen-bond donors (Lipinski definition) is 0. The number of halogens is 1. The molecule has 0 spiro atoms. The predicted octanol–water partition coefficient (Wildman–Crippen LogP) is 1.00. The highest BCUT2D eigenvalue weighted by Gasteiger charge is 1.86. The Morgan fingerprint density at radius 2 is 1.60 bits per heavy atom. The summed E-state index contributed by atoms with van der Waals surface area (Å²) in [5, 5.41) is 0.879. The molecular formula is C6H12BBrO2. The summed E-state index contributed by atoms with van der Waals surface area (Å²) >= 11 is 3.25. The molecule has 2 radical (unpaired) electrons. The maximum atomic E-state index is 5.20. The van der Waals surface area contributed by atoms with Gasteiger partial charge in [0.1, 0.15) is 0 Å². The van der Waals surface area contributed by atoms with E-state index in [1.165, 1.54) is 0 Å². The zero-order chi connectivity index (χ0) is 7.66. The van der Waals surface area contributed by atoms with Gasteiger partial charge in [-0.3, -0.25) is 0 Å². The minimum Gasteiger partial charge on any atom is -0.380 e. The summed E-state index contributed by atoms with van der Waals surface area (Å²) in [6, 6.07) is 0. The highest BCUT2D eigenvalue weighted by molar-refractivity contribution is 9.09. The van der Waals surface area contributed by atoms with Gasteiger partial charge in [0.2, 0.25) is 0 Å². The topological polar surface area (TPSA) is 18.5 Å². The molecule has 0 fully saturated rings. The molecule has 0 aromatic rings. The van der Waals surface area contributed by atoms with E-state index < -0.39 is 0 Å². The van der Waals surface area contributed by atoms with E-state index in [0.717, 1.165) is 11.9 Å². The van der Waals surface area contributed by atoms with E-state index >= 15 is 0 Å². The van der Waals surface area contributed by atoms with E-state index in [9.17, 15) is 0 Å². The smallest absolute Gasteiger partial charge is 0.0700 e. The van der Waals surface area contributed by atoms with Gasteiger partial charge in [0, 0.05) is 11.9 Å². The molecule has 0 saturated heterocycles. The fraction of sp³-hybridized carbons (Fsp3) is 1.00. The van der Waals surface area contributed by atoms with Gasteiger partial charge >= 0.3 is 0 Å². The molecule has 0 amide bonds. The van der Waals surface area contributed by atoms with Crippen molar-refractivity contribution in [3.05, 3.63) is 0 Å². The SMILES string of the molecule is [B]CCOCCOCCBr. The first-order valence-corrected chi connectivity index (χ1v) is 4.45. The van der Waals surface area contributed by atoms with E-state index in [0.29, 0.717) is 26.1 Å². The van der Waals surface area contributed by atoms with Gasteiger partial charge < -0.3 is 9.47 Å². The van der Waals surface area contributed by atoms with Crippen molar-refractivity contribution in [3.63, 3.8) is 0 Å². The molecule has 0 aliphatic heterocycles. The second kappa shape index (κ2) is 9.46. The third kappa shape index (κ3) is 8.46. The Bertz CT molecular complexity index is 55.7. The second-order valence-electron chi connectivity index (χ2n) is 1.70. The van der Waals surface area contributed by atoms with Gasteiger partial charge in [-0.1, -0.05) is 22.3 Å². The fourth-order valence-corrected chi connectivity index (χ4v) is 0.689. The molecule has 0 N–H and O–H groups in total. The van der Waals surface area contributed by atoms with Crippen LogP contribution in [0.3, 0.4) is 0 Å². The Hall–Kier alpha value is 0.465. The summed E-state index contributed by atoms with van der Waals surface area (Å²) in [7, 11) is 5.20.